The monoisotopic (exact) mass is 397 g/mol. The minimum Gasteiger partial charge on any atom is -0.462 e. The third-order valence-electron chi connectivity index (χ3n) is 3.89. The Kier molecular flexibility index (Phi) is 6.13. The predicted molar refractivity (Wildman–Crippen MR) is 104 cm³/mol. The Morgan fingerprint density at radius 3 is 2.59 bits per heavy atom. The Balaban J connectivity index is 1.80. The molecule has 1 aromatic heterocycles. The van der Waals surface area contributed by atoms with Crippen LogP contribution in [0.1, 0.15) is 27.6 Å². The van der Waals surface area contributed by atoms with E-state index in [9.17, 15) is 18.4 Å². The summed E-state index contributed by atoms with van der Waals surface area (Å²) < 4.78 is 31.8. The molecule has 0 aliphatic heterocycles. The number of aromatic nitrogens is 1. The summed E-state index contributed by atoms with van der Waals surface area (Å²) in [6, 6.07) is 12.5. The molecule has 0 radical (unpaired) electrons. The first kappa shape index (κ1) is 19.9. The van der Waals surface area contributed by atoms with Crippen molar-refractivity contribution in [2.24, 2.45) is 0 Å². The van der Waals surface area contributed by atoms with Gasteiger partial charge in [0.05, 0.1) is 23.5 Å². The lowest BCUT2D eigenvalue weighted by molar-refractivity contribution is 0.0527. The number of pyridine rings is 1. The van der Waals surface area contributed by atoms with Crippen molar-refractivity contribution in [1.29, 1.82) is 0 Å². The van der Waals surface area contributed by atoms with Gasteiger partial charge in [-0.3, -0.25) is 4.79 Å². The number of benzene rings is 2. The summed E-state index contributed by atoms with van der Waals surface area (Å²) in [6.07, 6.45) is 1.39. The lowest BCUT2D eigenvalue weighted by Gasteiger charge is -2.12. The molecule has 0 fully saturated rings. The zero-order valence-corrected chi connectivity index (χ0v) is 15.4. The number of ether oxygens (including phenoxy) is 1. The van der Waals surface area contributed by atoms with Gasteiger partial charge in [-0.1, -0.05) is 12.1 Å². The SMILES string of the molecule is CCOC(=O)c1ccccc1Nc1cc(C(=O)Nc2ccc(F)cc2F)ccn1. The Hall–Kier alpha value is -3.81. The van der Waals surface area contributed by atoms with E-state index in [1.807, 2.05) is 0 Å². The molecule has 0 aliphatic carbocycles. The van der Waals surface area contributed by atoms with Crippen LogP contribution in [0.15, 0.2) is 60.8 Å². The number of hydrogen-bond donors (Lipinski definition) is 2. The number of amides is 1. The lowest BCUT2D eigenvalue weighted by Crippen LogP contribution is -2.14. The van der Waals surface area contributed by atoms with Gasteiger partial charge in [-0.15, -0.1) is 0 Å². The molecule has 148 valence electrons. The second-order valence-electron chi connectivity index (χ2n) is 5.90. The van der Waals surface area contributed by atoms with Gasteiger partial charge in [0, 0.05) is 17.8 Å². The van der Waals surface area contributed by atoms with Crippen LogP contribution in [0.2, 0.25) is 0 Å². The number of para-hydroxylation sites is 1. The largest absolute Gasteiger partial charge is 0.462 e. The first-order chi connectivity index (χ1) is 14.0. The number of halogens is 2. The third-order valence-corrected chi connectivity index (χ3v) is 3.89. The summed E-state index contributed by atoms with van der Waals surface area (Å²) in [5.74, 6) is -2.41. The van der Waals surface area contributed by atoms with Gasteiger partial charge in [-0.2, -0.15) is 0 Å². The molecule has 0 saturated carbocycles. The zero-order chi connectivity index (χ0) is 20.8. The van der Waals surface area contributed by atoms with Crippen molar-refractivity contribution in [3.8, 4) is 0 Å². The fraction of sp³-hybridized carbons (Fsp3) is 0.0952. The molecule has 1 amide bonds. The lowest BCUT2D eigenvalue weighted by atomic mass is 10.1. The van der Waals surface area contributed by atoms with Crippen molar-refractivity contribution in [3.63, 3.8) is 0 Å². The number of nitrogens with zero attached hydrogens (tertiary/aromatic N) is 1. The van der Waals surface area contributed by atoms with E-state index in [2.05, 4.69) is 15.6 Å². The van der Waals surface area contributed by atoms with Crippen LogP contribution in [0.25, 0.3) is 0 Å². The molecular weight excluding hydrogens is 380 g/mol. The molecule has 3 aromatic rings. The Morgan fingerprint density at radius 1 is 1.03 bits per heavy atom. The normalized spacial score (nSPS) is 10.3. The minimum atomic E-state index is -0.880. The molecule has 0 aliphatic rings. The smallest absolute Gasteiger partial charge is 0.340 e. The van der Waals surface area contributed by atoms with E-state index in [4.69, 9.17) is 4.74 Å². The Bertz CT molecular complexity index is 1060. The summed E-state index contributed by atoms with van der Waals surface area (Å²) >= 11 is 0. The molecule has 0 atom stereocenters. The van der Waals surface area contributed by atoms with Gasteiger partial charge in [0.1, 0.15) is 17.5 Å². The first-order valence-corrected chi connectivity index (χ1v) is 8.73. The second-order valence-corrected chi connectivity index (χ2v) is 5.90. The topological polar surface area (TPSA) is 80.3 Å². The standard InChI is InChI=1S/C21H17F2N3O3/c1-2-29-21(28)15-5-3-4-6-17(15)25-19-11-13(9-10-24-19)20(27)26-18-8-7-14(22)12-16(18)23/h3-12H,2H2,1H3,(H,24,25)(H,26,27). The van der Waals surface area contributed by atoms with Crippen molar-refractivity contribution in [2.75, 3.05) is 17.2 Å². The van der Waals surface area contributed by atoms with E-state index in [0.717, 1.165) is 12.1 Å². The van der Waals surface area contributed by atoms with Crippen LogP contribution in [0.5, 0.6) is 0 Å². The van der Waals surface area contributed by atoms with Crippen LogP contribution >= 0.6 is 0 Å². The molecule has 0 bridgehead atoms. The van der Waals surface area contributed by atoms with Gasteiger partial charge in [0.25, 0.3) is 5.91 Å². The van der Waals surface area contributed by atoms with E-state index in [1.165, 1.54) is 18.3 Å². The highest BCUT2D eigenvalue weighted by molar-refractivity contribution is 6.05. The molecule has 1 heterocycles. The zero-order valence-electron chi connectivity index (χ0n) is 15.4. The van der Waals surface area contributed by atoms with Gasteiger partial charge >= 0.3 is 5.97 Å². The van der Waals surface area contributed by atoms with Gasteiger partial charge in [-0.25, -0.2) is 18.6 Å². The van der Waals surface area contributed by atoms with E-state index < -0.39 is 23.5 Å². The summed E-state index contributed by atoms with van der Waals surface area (Å²) in [6.45, 7) is 1.95. The van der Waals surface area contributed by atoms with E-state index in [-0.39, 0.29) is 17.9 Å². The quantitative estimate of drug-likeness (QED) is 0.598. The van der Waals surface area contributed by atoms with Crippen molar-refractivity contribution < 1.29 is 23.1 Å². The average Bonchev–Trinajstić information content (AvgIpc) is 2.71. The number of carbonyl (C=O) groups is 2. The van der Waals surface area contributed by atoms with Gasteiger partial charge < -0.3 is 15.4 Å². The maximum absolute atomic E-state index is 13.8. The highest BCUT2D eigenvalue weighted by Crippen LogP contribution is 2.22. The van der Waals surface area contributed by atoms with Gasteiger partial charge in [0.15, 0.2) is 0 Å². The van der Waals surface area contributed by atoms with Crippen LogP contribution < -0.4 is 10.6 Å². The molecule has 0 spiro atoms. The van der Waals surface area contributed by atoms with Crippen LogP contribution in [0.4, 0.5) is 26.0 Å². The Morgan fingerprint density at radius 2 is 1.83 bits per heavy atom. The molecule has 2 N–H and O–H groups in total. The van der Waals surface area contributed by atoms with E-state index >= 15 is 0 Å². The molecule has 0 saturated heterocycles. The maximum atomic E-state index is 13.8. The minimum absolute atomic E-state index is 0.143. The van der Waals surface area contributed by atoms with Crippen LogP contribution in [-0.2, 0) is 4.74 Å². The number of carbonyl (C=O) groups excluding carboxylic acids is 2. The first-order valence-electron chi connectivity index (χ1n) is 8.73. The summed E-state index contributed by atoms with van der Waals surface area (Å²) in [4.78, 5) is 28.6. The molecule has 29 heavy (non-hydrogen) atoms. The number of esters is 1. The summed E-state index contributed by atoms with van der Waals surface area (Å²) in [7, 11) is 0. The van der Waals surface area contributed by atoms with Crippen molar-refractivity contribution in [2.45, 2.75) is 6.92 Å². The van der Waals surface area contributed by atoms with E-state index in [1.54, 1.807) is 31.2 Å². The van der Waals surface area contributed by atoms with Crippen molar-refractivity contribution >= 4 is 29.1 Å². The van der Waals surface area contributed by atoms with Crippen molar-refractivity contribution in [3.05, 3.63) is 83.6 Å². The number of anilines is 3. The number of hydrogen-bond acceptors (Lipinski definition) is 5. The summed E-state index contributed by atoms with van der Waals surface area (Å²) in [5, 5.41) is 5.36. The maximum Gasteiger partial charge on any atom is 0.340 e. The fourth-order valence-corrected chi connectivity index (χ4v) is 2.54. The van der Waals surface area contributed by atoms with Gasteiger partial charge in [0.2, 0.25) is 0 Å². The van der Waals surface area contributed by atoms with Crippen LogP contribution in [0, 0.1) is 11.6 Å². The molecule has 0 unspecified atom stereocenters. The average molecular weight is 397 g/mol. The number of nitrogens with one attached hydrogen (secondary N) is 2. The van der Waals surface area contributed by atoms with Crippen molar-refractivity contribution in [1.82, 2.24) is 4.98 Å². The van der Waals surface area contributed by atoms with E-state index in [0.29, 0.717) is 23.1 Å². The Labute approximate surface area is 165 Å². The molecule has 6 nitrogen and oxygen atoms in total. The highest BCUT2D eigenvalue weighted by atomic mass is 19.1. The predicted octanol–water partition coefficient (Wildman–Crippen LogP) is 4.53. The van der Waals surface area contributed by atoms with Gasteiger partial charge in [-0.05, 0) is 43.3 Å². The third kappa shape index (κ3) is 4.92. The molecule has 3 rings (SSSR count). The number of rotatable bonds is 6. The summed E-state index contributed by atoms with van der Waals surface area (Å²) in [5.41, 5.74) is 0.829. The highest BCUT2D eigenvalue weighted by Gasteiger charge is 2.14. The molecule has 8 heteroatoms. The second kappa shape index (κ2) is 8.92. The molecular formula is C21H17F2N3O3. The molecule has 2 aromatic carbocycles. The van der Waals surface area contributed by atoms with Crippen LogP contribution in [-0.4, -0.2) is 23.5 Å². The van der Waals surface area contributed by atoms with Crippen LogP contribution in [0.3, 0.4) is 0 Å². The fourth-order valence-electron chi connectivity index (χ4n) is 2.54.